The Labute approximate surface area is 123 Å². The highest BCUT2D eigenvalue weighted by atomic mass is 79.9. The van der Waals surface area contributed by atoms with Gasteiger partial charge in [-0.15, -0.1) is 0 Å². The number of nitrogens with two attached hydrogens (primary N) is 1. The number of anilines is 1. The lowest BCUT2D eigenvalue weighted by molar-refractivity contribution is 0.189. The van der Waals surface area contributed by atoms with Crippen molar-refractivity contribution in [1.29, 1.82) is 0 Å². The predicted molar refractivity (Wildman–Crippen MR) is 82.5 cm³/mol. The zero-order valence-electron chi connectivity index (χ0n) is 11.3. The van der Waals surface area contributed by atoms with E-state index in [4.69, 9.17) is 10.8 Å². The molecule has 1 fully saturated rings. The molecule has 0 spiro atoms. The van der Waals surface area contributed by atoms with Crippen molar-refractivity contribution < 1.29 is 5.11 Å². The minimum atomic E-state index is 0.0461. The van der Waals surface area contributed by atoms with E-state index in [-0.39, 0.29) is 12.6 Å². The molecule has 1 saturated heterocycles. The summed E-state index contributed by atoms with van der Waals surface area (Å²) >= 11 is 3.60. The van der Waals surface area contributed by atoms with Crippen molar-refractivity contribution in [3.63, 3.8) is 0 Å². The van der Waals surface area contributed by atoms with Gasteiger partial charge in [-0.05, 0) is 24.6 Å². The van der Waals surface area contributed by atoms with Gasteiger partial charge in [-0.25, -0.2) is 0 Å². The van der Waals surface area contributed by atoms with Crippen LogP contribution in [0, 0.1) is 0 Å². The number of rotatable bonds is 4. The van der Waals surface area contributed by atoms with Crippen LogP contribution in [0.25, 0.3) is 0 Å². The second-order valence-corrected chi connectivity index (χ2v) is 5.90. The molecule has 0 radical (unpaired) electrons. The summed E-state index contributed by atoms with van der Waals surface area (Å²) in [5, 5.41) is 8.95. The molecule has 5 heteroatoms. The van der Waals surface area contributed by atoms with Crippen molar-refractivity contribution in [2.75, 3.05) is 44.2 Å². The van der Waals surface area contributed by atoms with Crippen molar-refractivity contribution in [2.24, 2.45) is 5.73 Å². The van der Waals surface area contributed by atoms with Crippen molar-refractivity contribution in [3.05, 3.63) is 28.2 Å². The van der Waals surface area contributed by atoms with Gasteiger partial charge in [0.2, 0.25) is 0 Å². The van der Waals surface area contributed by atoms with Gasteiger partial charge in [-0.2, -0.15) is 0 Å². The molecule has 0 aromatic heterocycles. The van der Waals surface area contributed by atoms with Gasteiger partial charge in [-0.3, -0.25) is 4.90 Å². The van der Waals surface area contributed by atoms with Crippen molar-refractivity contribution in [3.8, 4) is 0 Å². The standard InChI is InChI=1S/C14H22BrN3O/c1-11(16)13-3-2-12(10-14(13)15)18-6-4-17(5-7-18)8-9-19/h2-3,10-11,19H,4-9,16H2,1H3/t11-/m0/s1. The van der Waals surface area contributed by atoms with Crippen LogP contribution >= 0.6 is 15.9 Å². The molecule has 1 atom stereocenters. The number of piperazine rings is 1. The molecular formula is C14H22BrN3O. The van der Waals surface area contributed by atoms with E-state index >= 15 is 0 Å². The lowest BCUT2D eigenvalue weighted by atomic mass is 10.1. The Kier molecular flexibility index (Phi) is 5.21. The number of hydrogen-bond donors (Lipinski definition) is 2. The number of aliphatic hydroxyl groups is 1. The Morgan fingerprint density at radius 1 is 1.32 bits per heavy atom. The monoisotopic (exact) mass is 327 g/mol. The minimum Gasteiger partial charge on any atom is -0.395 e. The van der Waals surface area contributed by atoms with Gasteiger partial charge in [0, 0.05) is 48.9 Å². The van der Waals surface area contributed by atoms with Gasteiger partial charge in [0.05, 0.1) is 6.61 Å². The average molecular weight is 328 g/mol. The summed E-state index contributed by atoms with van der Waals surface area (Å²) in [5.74, 6) is 0. The molecule has 3 N–H and O–H groups in total. The number of β-amino-alcohol motifs (C(OH)–C–C–N with tert-alkyl or cyclic N) is 1. The molecule has 106 valence electrons. The van der Waals surface area contributed by atoms with Crippen LogP contribution in [-0.2, 0) is 0 Å². The topological polar surface area (TPSA) is 52.7 Å². The van der Waals surface area contributed by atoms with Gasteiger partial charge in [0.25, 0.3) is 0 Å². The third kappa shape index (κ3) is 3.69. The summed E-state index contributed by atoms with van der Waals surface area (Å²) < 4.78 is 1.08. The molecule has 1 heterocycles. The van der Waals surface area contributed by atoms with Gasteiger partial charge in [-0.1, -0.05) is 22.0 Å². The second kappa shape index (κ2) is 6.70. The molecule has 1 aromatic carbocycles. The molecular weight excluding hydrogens is 306 g/mol. The highest BCUT2D eigenvalue weighted by Gasteiger charge is 2.17. The van der Waals surface area contributed by atoms with Crippen LogP contribution in [0.5, 0.6) is 0 Å². The Bertz CT molecular complexity index is 417. The predicted octanol–water partition coefficient (Wildman–Crippen LogP) is 1.58. The fraction of sp³-hybridized carbons (Fsp3) is 0.571. The zero-order valence-corrected chi connectivity index (χ0v) is 12.9. The molecule has 1 aromatic rings. The number of halogens is 1. The van der Waals surface area contributed by atoms with E-state index in [0.29, 0.717) is 0 Å². The number of hydrogen-bond acceptors (Lipinski definition) is 4. The lowest BCUT2D eigenvalue weighted by Crippen LogP contribution is -2.47. The summed E-state index contributed by atoms with van der Waals surface area (Å²) in [5.41, 5.74) is 8.30. The molecule has 0 aliphatic carbocycles. The highest BCUT2D eigenvalue weighted by molar-refractivity contribution is 9.10. The van der Waals surface area contributed by atoms with Crippen LogP contribution in [0.1, 0.15) is 18.5 Å². The molecule has 0 bridgehead atoms. The summed E-state index contributed by atoms with van der Waals surface area (Å²) in [6.07, 6.45) is 0. The highest BCUT2D eigenvalue weighted by Crippen LogP contribution is 2.27. The Morgan fingerprint density at radius 3 is 2.53 bits per heavy atom. The normalized spacial score (nSPS) is 18.6. The Hall–Kier alpha value is -0.620. The molecule has 1 aliphatic rings. The first kappa shape index (κ1) is 14.8. The van der Waals surface area contributed by atoms with E-state index in [0.717, 1.165) is 42.8 Å². The van der Waals surface area contributed by atoms with E-state index in [2.05, 4.69) is 43.9 Å². The van der Waals surface area contributed by atoms with Crippen molar-refractivity contribution >= 4 is 21.6 Å². The first-order valence-corrected chi connectivity index (χ1v) is 7.54. The Balaban J connectivity index is 2.02. The molecule has 0 saturated carbocycles. The number of nitrogens with zero attached hydrogens (tertiary/aromatic N) is 2. The smallest absolute Gasteiger partial charge is 0.0558 e. The summed E-state index contributed by atoms with van der Waals surface area (Å²) in [6, 6.07) is 6.44. The minimum absolute atomic E-state index is 0.0461. The van der Waals surface area contributed by atoms with E-state index in [1.54, 1.807) is 0 Å². The molecule has 1 aliphatic heterocycles. The maximum absolute atomic E-state index is 8.95. The van der Waals surface area contributed by atoms with E-state index in [9.17, 15) is 0 Å². The third-order valence-corrected chi connectivity index (χ3v) is 4.32. The average Bonchev–Trinajstić information content (AvgIpc) is 2.39. The van der Waals surface area contributed by atoms with Gasteiger partial charge in [0.15, 0.2) is 0 Å². The van der Waals surface area contributed by atoms with Gasteiger partial charge >= 0.3 is 0 Å². The maximum atomic E-state index is 8.95. The van der Waals surface area contributed by atoms with Crippen LogP contribution < -0.4 is 10.6 Å². The third-order valence-electron chi connectivity index (χ3n) is 3.63. The fourth-order valence-electron chi connectivity index (χ4n) is 2.45. The second-order valence-electron chi connectivity index (χ2n) is 5.05. The number of benzene rings is 1. The molecule has 4 nitrogen and oxygen atoms in total. The van der Waals surface area contributed by atoms with Gasteiger partial charge in [0.1, 0.15) is 0 Å². The maximum Gasteiger partial charge on any atom is 0.0558 e. The van der Waals surface area contributed by atoms with Crippen LogP contribution in [-0.4, -0.2) is 49.3 Å². The molecule has 2 rings (SSSR count). The zero-order chi connectivity index (χ0) is 13.8. The number of aliphatic hydroxyl groups excluding tert-OH is 1. The molecule has 0 amide bonds. The first-order chi connectivity index (χ1) is 9.11. The van der Waals surface area contributed by atoms with Crippen LogP contribution in [0.2, 0.25) is 0 Å². The fourth-order valence-corrected chi connectivity index (χ4v) is 3.18. The summed E-state index contributed by atoms with van der Waals surface area (Å²) in [4.78, 5) is 4.67. The van der Waals surface area contributed by atoms with E-state index < -0.39 is 0 Å². The van der Waals surface area contributed by atoms with Crippen molar-refractivity contribution in [1.82, 2.24) is 4.90 Å². The largest absolute Gasteiger partial charge is 0.395 e. The SMILES string of the molecule is C[C@H](N)c1ccc(N2CCN(CCO)CC2)cc1Br. The van der Waals surface area contributed by atoms with Crippen LogP contribution in [0.15, 0.2) is 22.7 Å². The lowest BCUT2D eigenvalue weighted by Gasteiger charge is -2.36. The molecule has 0 unspecified atom stereocenters. The first-order valence-electron chi connectivity index (χ1n) is 6.75. The van der Waals surface area contributed by atoms with Crippen LogP contribution in [0.3, 0.4) is 0 Å². The Morgan fingerprint density at radius 2 is 2.00 bits per heavy atom. The molecule has 19 heavy (non-hydrogen) atoms. The van der Waals surface area contributed by atoms with Gasteiger partial charge < -0.3 is 15.7 Å². The van der Waals surface area contributed by atoms with Crippen molar-refractivity contribution in [2.45, 2.75) is 13.0 Å². The summed E-state index contributed by atoms with van der Waals surface area (Å²) in [7, 11) is 0. The van der Waals surface area contributed by atoms with Crippen LogP contribution in [0.4, 0.5) is 5.69 Å². The van der Waals surface area contributed by atoms with E-state index in [1.807, 2.05) is 6.92 Å². The summed E-state index contributed by atoms with van der Waals surface area (Å²) in [6.45, 7) is 7.04. The van der Waals surface area contributed by atoms with E-state index in [1.165, 1.54) is 5.69 Å². The quantitative estimate of drug-likeness (QED) is 0.881.